The Bertz CT molecular complexity index is 806. The van der Waals surface area contributed by atoms with Crippen molar-refractivity contribution in [2.75, 3.05) is 25.4 Å². The Kier molecular flexibility index (Phi) is 7.16. The highest BCUT2D eigenvalue weighted by Crippen LogP contribution is 2.24. The first-order chi connectivity index (χ1) is 13.5. The lowest BCUT2D eigenvalue weighted by Crippen LogP contribution is -2.47. The molecule has 0 aliphatic carbocycles. The zero-order valence-corrected chi connectivity index (χ0v) is 17.0. The maximum atomic E-state index is 12.2. The van der Waals surface area contributed by atoms with Gasteiger partial charge in [0.1, 0.15) is 0 Å². The lowest BCUT2D eigenvalue weighted by molar-refractivity contribution is -0.119. The highest BCUT2D eigenvalue weighted by molar-refractivity contribution is 7.99. The van der Waals surface area contributed by atoms with Crippen LogP contribution in [-0.4, -0.2) is 58.6 Å². The summed E-state index contributed by atoms with van der Waals surface area (Å²) in [6, 6.07) is 7.12. The van der Waals surface area contributed by atoms with Crippen molar-refractivity contribution in [3.63, 3.8) is 0 Å². The van der Waals surface area contributed by atoms with Gasteiger partial charge in [-0.25, -0.2) is 4.79 Å². The van der Waals surface area contributed by atoms with Crippen LogP contribution in [0.4, 0.5) is 4.79 Å². The lowest BCUT2D eigenvalue weighted by Gasteiger charge is -2.31. The minimum absolute atomic E-state index is 0.0473. The Hall–Kier alpha value is -2.26. The van der Waals surface area contributed by atoms with Gasteiger partial charge in [0.25, 0.3) is 5.22 Å². The predicted molar refractivity (Wildman–Crippen MR) is 105 cm³/mol. The van der Waals surface area contributed by atoms with Gasteiger partial charge in [-0.3, -0.25) is 4.79 Å². The fourth-order valence-corrected chi connectivity index (χ4v) is 3.50. The number of carbonyl (C=O) groups is 2. The monoisotopic (exact) mass is 424 g/mol. The number of hydrogen-bond acceptors (Lipinski definition) is 7. The molecule has 0 atom stereocenters. The van der Waals surface area contributed by atoms with Gasteiger partial charge in [-0.15, -0.1) is 10.2 Å². The van der Waals surface area contributed by atoms with Crippen LogP contribution in [-0.2, 0) is 9.53 Å². The number of likely N-dealkylation sites (tertiary alicyclic amines) is 1. The Balaban J connectivity index is 1.42. The van der Waals surface area contributed by atoms with E-state index in [4.69, 9.17) is 20.8 Å². The zero-order chi connectivity index (χ0) is 19.9. The zero-order valence-electron chi connectivity index (χ0n) is 15.4. The fraction of sp³-hybridized carbons (Fsp3) is 0.444. The maximum Gasteiger partial charge on any atom is 0.409 e. The molecular formula is C18H21ClN4O4S. The molecule has 1 aromatic heterocycles. The van der Waals surface area contributed by atoms with E-state index in [1.54, 1.807) is 36.1 Å². The summed E-state index contributed by atoms with van der Waals surface area (Å²) in [6.45, 7) is 3.29. The van der Waals surface area contributed by atoms with E-state index in [1.165, 1.54) is 11.8 Å². The molecule has 0 bridgehead atoms. The summed E-state index contributed by atoms with van der Waals surface area (Å²) >= 11 is 7.05. The van der Waals surface area contributed by atoms with Gasteiger partial charge in [0.2, 0.25) is 11.8 Å². The van der Waals surface area contributed by atoms with Gasteiger partial charge < -0.3 is 19.4 Å². The van der Waals surface area contributed by atoms with Crippen LogP contribution in [0.1, 0.15) is 19.8 Å². The summed E-state index contributed by atoms with van der Waals surface area (Å²) in [5.74, 6) is 0.456. The number of aromatic nitrogens is 2. The second-order valence-corrected chi connectivity index (χ2v) is 7.56. The van der Waals surface area contributed by atoms with Crippen molar-refractivity contribution in [3.05, 3.63) is 29.3 Å². The number of thioether (sulfide) groups is 1. The van der Waals surface area contributed by atoms with Gasteiger partial charge >= 0.3 is 6.09 Å². The molecule has 1 saturated heterocycles. The molecule has 1 N–H and O–H groups in total. The van der Waals surface area contributed by atoms with Crippen molar-refractivity contribution in [2.45, 2.75) is 31.0 Å². The third kappa shape index (κ3) is 5.62. The highest BCUT2D eigenvalue weighted by atomic mass is 35.5. The smallest absolute Gasteiger partial charge is 0.409 e. The summed E-state index contributed by atoms with van der Waals surface area (Å²) in [6.07, 6.45) is 1.11. The van der Waals surface area contributed by atoms with E-state index >= 15 is 0 Å². The molecule has 0 spiro atoms. The topological polar surface area (TPSA) is 97.6 Å². The molecule has 3 rings (SSSR count). The minimum Gasteiger partial charge on any atom is -0.450 e. The largest absolute Gasteiger partial charge is 0.450 e. The van der Waals surface area contributed by atoms with E-state index in [2.05, 4.69) is 15.5 Å². The molecule has 2 heterocycles. The van der Waals surface area contributed by atoms with E-state index < -0.39 is 0 Å². The molecule has 0 unspecified atom stereocenters. The summed E-state index contributed by atoms with van der Waals surface area (Å²) in [7, 11) is 0. The number of piperidine rings is 1. The first-order valence-corrected chi connectivity index (χ1v) is 10.3. The Labute approximate surface area is 172 Å². The summed E-state index contributed by atoms with van der Waals surface area (Å²) in [5.41, 5.74) is 0.765. The van der Waals surface area contributed by atoms with Crippen LogP contribution in [0.3, 0.4) is 0 Å². The van der Waals surface area contributed by atoms with E-state index in [-0.39, 0.29) is 23.8 Å². The van der Waals surface area contributed by atoms with Crippen LogP contribution in [0, 0.1) is 0 Å². The van der Waals surface area contributed by atoms with Crippen molar-refractivity contribution in [1.29, 1.82) is 0 Å². The van der Waals surface area contributed by atoms with Crippen LogP contribution >= 0.6 is 23.4 Å². The van der Waals surface area contributed by atoms with Crippen LogP contribution < -0.4 is 5.32 Å². The normalized spacial score (nSPS) is 14.7. The second kappa shape index (κ2) is 9.79. The summed E-state index contributed by atoms with van der Waals surface area (Å²) in [4.78, 5) is 25.5. The van der Waals surface area contributed by atoms with Crippen molar-refractivity contribution in [1.82, 2.24) is 20.4 Å². The standard InChI is InChI=1S/C18H21ClN4O4S/c1-2-26-18(25)23-9-7-14(8-10-23)20-15(24)11-28-17-22-21-16(27-17)12-3-5-13(19)6-4-12/h3-6,14H,2,7-11H2,1H3,(H,20,24). The number of benzene rings is 1. The molecule has 1 aliphatic rings. The summed E-state index contributed by atoms with van der Waals surface area (Å²) in [5, 5.41) is 11.9. The molecule has 0 radical (unpaired) electrons. The molecule has 0 saturated carbocycles. The number of nitrogens with one attached hydrogen (secondary N) is 1. The van der Waals surface area contributed by atoms with E-state index in [1.807, 2.05) is 0 Å². The van der Waals surface area contributed by atoms with Gasteiger partial charge in [-0.05, 0) is 44.0 Å². The lowest BCUT2D eigenvalue weighted by atomic mass is 10.1. The quantitative estimate of drug-likeness (QED) is 0.711. The molecular weight excluding hydrogens is 404 g/mol. The van der Waals surface area contributed by atoms with Crippen LogP contribution in [0.2, 0.25) is 5.02 Å². The van der Waals surface area contributed by atoms with Gasteiger partial charge in [0.05, 0.1) is 12.4 Å². The molecule has 150 valence electrons. The number of amides is 2. The van der Waals surface area contributed by atoms with Gasteiger partial charge in [-0.2, -0.15) is 0 Å². The molecule has 28 heavy (non-hydrogen) atoms. The molecule has 2 amide bonds. The molecule has 10 heteroatoms. The highest BCUT2D eigenvalue weighted by Gasteiger charge is 2.24. The SMILES string of the molecule is CCOC(=O)N1CCC(NC(=O)CSc2nnc(-c3ccc(Cl)cc3)o2)CC1. The molecule has 1 aromatic carbocycles. The van der Waals surface area contributed by atoms with Gasteiger partial charge in [0, 0.05) is 29.7 Å². The first-order valence-electron chi connectivity index (χ1n) is 8.98. The number of hydrogen-bond donors (Lipinski definition) is 1. The minimum atomic E-state index is -0.296. The Morgan fingerprint density at radius 2 is 2.00 bits per heavy atom. The summed E-state index contributed by atoms with van der Waals surface area (Å²) < 4.78 is 10.6. The fourth-order valence-electron chi connectivity index (χ4n) is 2.80. The third-order valence-electron chi connectivity index (χ3n) is 4.21. The Morgan fingerprint density at radius 3 is 2.68 bits per heavy atom. The number of halogens is 1. The maximum absolute atomic E-state index is 12.2. The van der Waals surface area contributed by atoms with E-state index in [0.29, 0.717) is 48.7 Å². The molecule has 8 nitrogen and oxygen atoms in total. The van der Waals surface area contributed by atoms with Gasteiger partial charge in [0.15, 0.2) is 0 Å². The van der Waals surface area contributed by atoms with Crippen molar-refractivity contribution < 1.29 is 18.7 Å². The third-order valence-corrected chi connectivity index (χ3v) is 5.28. The second-order valence-electron chi connectivity index (χ2n) is 6.20. The van der Waals surface area contributed by atoms with Crippen molar-refractivity contribution in [3.8, 4) is 11.5 Å². The van der Waals surface area contributed by atoms with E-state index in [0.717, 1.165) is 5.56 Å². The molecule has 2 aromatic rings. The number of carbonyl (C=O) groups excluding carboxylic acids is 2. The predicted octanol–water partition coefficient (Wildman–Crippen LogP) is 3.22. The Morgan fingerprint density at radius 1 is 1.29 bits per heavy atom. The average Bonchev–Trinajstić information content (AvgIpc) is 3.17. The van der Waals surface area contributed by atoms with Crippen LogP contribution in [0.25, 0.3) is 11.5 Å². The van der Waals surface area contributed by atoms with Gasteiger partial charge in [-0.1, -0.05) is 23.4 Å². The van der Waals surface area contributed by atoms with Crippen LogP contribution in [0.15, 0.2) is 33.9 Å². The van der Waals surface area contributed by atoms with Crippen molar-refractivity contribution >= 4 is 35.4 Å². The van der Waals surface area contributed by atoms with Crippen LogP contribution in [0.5, 0.6) is 0 Å². The van der Waals surface area contributed by atoms with E-state index in [9.17, 15) is 9.59 Å². The molecule has 1 aliphatic heterocycles. The first kappa shape index (κ1) is 20.5. The number of rotatable bonds is 6. The molecule has 1 fully saturated rings. The number of nitrogens with zero attached hydrogens (tertiary/aromatic N) is 3. The average molecular weight is 425 g/mol. The number of ether oxygens (including phenoxy) is 1. The van der Waals surface area contributed by atoms with Crippen molar-refractivity contribution in [2.24, 2.45) is 0 Å².